The van der Waals surface area contributed by atoms with Crippen molar-refractivity contribution >= 4 is 17.3 Å². The second-order valence-electron chi connectivity index (χ2n) is 3.83. The molecule has 1 atom stereocenters. The van der Waals surface area contributed by atoms with Crippen molar-refractivity contribution in [3.05, 3.63) is 28.8 Å². The highest BCUT2D eigenvalue weighted by molar-refractivity contribution is 6.33. The third kappa shape index (κ3) is 3.78. The van der Waals surface area contributed by atoms with Crippen molar-refractivity contribution in [3.8, 4) is 0 Å². The summed E-state index contributed by atoms with van der Waals surface area (Å²) in [6, 6.07) is 3.62. The molecule has 0 saturated carbocycles. The van der Waals surface area contributed by atoms with Crippen LogP contribution in [0.2, 0.25) is 5.02 Å². The molecule has 0 aliphatic carbocycles. The number of nitrogens with one attached hydrogen (secondary N) is 1. The molecule has 0 radical (unpaired) electrons. The van der Waals surface area contributed by atoms with Crippen molar-refractivity contribution in [2.24, 2.45) is 5.92 Å². The number of anilines is 1. The van der Waals surface area contributed by atoms with Crippen LogP contribution < -0.4 is 5.32 Å². The van der Waals surface area contributed by atoms with E-state index < -0.39 is 11.7 Å². The molecule has 1 aromatic rings. The molecule has 0 saturated heterocycles. The molecule has 0 fully saturated rings. The van der Waals surface area contributed by atoms with Gasteiger partial charge in [-0.2, -0.15) is 13.2 Å². The first kappa shape index (κ1) is 14.1. The Morgan fingerprint density at radius 2 is 2.06 bits per heavy atom. The van der Waals surface area contributed by atoms with E-state index in [2.05, 4.69) is 5.32 Å². The Bertz CT molecular complexity index is 381. The van der Waals surface area contributed by atoms with E-state index in [4.69, 9.17) is 16.7 Å². The van der Waals surface area contributed by atoms with E-state index in [0.29, 0.717) is 0 Å². The summed E-state index contributed by atoms with van der Waals surface area (Å²) >= 11 is 5.74. The first-order valence-electron chi connectivity index (χ1n) is 5.06. The Hall–Kier alpha value is -0.940. The number of aliphatic hydroxyl groups is 1. The number of rotatable bonds is 4. The summed E-state index contributed by atoms with van der Waals surface area (Å²) in [4.78, 5) is 0. The van der Waals surface area contributed by atoms with E-state index in [9.17, 15) is 13.2 Å². The highest BCUT2D eigenvalue weighted by Crippen LogP contribution is 2.38. The third-order valence-electron chi connectivity index (χ3n) is 2.26. The molecule has 2 N–H and O–H groups in total. The molecule has 0 aliphatic rings. The maximum Gasteiger partial charge on any atom is 0.418 e. The zero-order chi connectivity index (χ0) is 13.1. The lowest BCUT2D eigenvalue weighted by Gasteiger charge is -2.17. The Balaban J connectivity index is 2.96. The van der Waals surface area contributed by atoms with Crippen LogP contribution in [0.3, 0.4) is 0 Å². The summed E-state index contributed by atoms with van der Waals surface area (Å²) in [6.45, 7) is 1.85. The van der Waals surface area contributed by atoms with Crippen molar-refractivity contribution in [2.45, 2.75) is 13.1 Å². The molecule has 2 nitrogen and oxygen atoms in total. The van der Waals surface area contributed by atoms with Gasteiger partial charge < -0.3 is 10.4 Å². The summed E-state index contributed by atoms with van der Waals surface area (Å²) < 4.78 is 38.1. The molecule has 0 heterocycles. The minimum Gasteiger partial charge on any atom is -0.396 e. The normalized spacial score (nSPS) is 13.5. The first-order valence-corrected chi connectivity index (χ1v) is 5.44. The molecular formula is C11H13ClF3NO. The number of aliphatic hydroxyl groups excluding tert-OH is 1. The van der Waals surface area contributed by atoms with Crippen LogP contribution in [0.25, 0.3) is 0 Å². The molecule has 96 valence electrons. The molecule has 0 aromatic heterocycles. The van der Waals surface area contributed by atoms with E-state index in [1.54, 1.807) is 6.92 Å². The van der Waals surface area contributed by atoms with Gasteiger partial charge in [-0.25, -0.2) is 0 Å². The number of benzene rings is 1. The maximum absolute atomic E-state index is 12.7. The van der Waals surface area contributed by atoms with Crippen molar-refractivity contribution in [1.29, 1.82) is 0 Å². The van der Waals surface area contributed by atoms with E-state index in [1.807, 2.05) is 0 Å². The van der Waals surface area contributed by atoms with Gasteiger partial charge in [0.05, 0.1) is 16.3 Å². The molecule has 0 spiro atoms. The molecule has 6 heteroatoms. The fourth-order valence-corrected chi connectivity index (χ4v) is 1.52. The topological polar surface area (TPSA) is 32.3 Å². The van der Waals surface area contributed by atoms with Crippen LogP contribution in [0.5, 0.6) is 0 Å². The van der Waals surface area contributed by atoms with Crippen molar-refractivity contribution in [1.82, 2.24) is 0 Å². The summed E-state index contributed by atoms with van der Waals surface area (Å²) in [5, 5.41) is 11.5. The Morgan fingerprint density at radius 3 is 2.59 bits per heavy atom. The van der Waals surface area contributed by atoms with Gasteiger partial charge >= 0.3 is 6.18 Å². The minimum absolute atomic E-state index is 0.0185. The van der Waals surface area contributed by atoms with Gasteiger partial charge in [0.1, 0.15) is 0 Å². The first-order chi connectivity index (χ1) is 7.86. The van der Waals surface area contributed by atoms with E-state index in [-0.39, 0.29) is 29.8 Å². The molecule has 0 amide bonds. The largest absolute Gasteiger partial charge is 0.418 e. The van der Waals surface area contributed by atoms with Crippen LogP contribution >= 0.6 is 11.6 Å². The zero-order valence-corrected chi connectivity index (χ0v) is 9.94. The SMILES string of the molecule is CC(CO)CNc1c(Cl)cccc1C(F)(F)F. The van der Waals surface area contributed by atoms with Crippen molar-refractivity contribution in [3.63, 3.8) is 0 Å². The van der Waals surface area contributed by atoms with E-state index >= 15 is 0 Å². The maximum atomic E-state index is 12.7. The smallest absolute Gasteiger partial charge is 0.396 e. The van der Waals surface area contributed by atoms with Crippen LogP contribution in [0.1, 0.15) is 12.5 Å². The van der Waals surface area contributed by atoms with Crippen LogP contribution in [-0.4, -0.2) is 18.3 Å². The summed E-state index contributed by atoms with van der Waals surface area (Å²) in [7, 11) is 0. The zero-order valence-electron chi connectivity index (χ0n) is 9.18. The van der Waals surface area contributed by atoms with Crippen LogP contribution in [0.15, 0.2) is 18.2 Å². The van der Waals surface area contributed by atoms with Crippen molar-refractivity contribution < 1.29 is 18.3 Å². The van der Waals surface area contributed by atoms with E-state index in [1.165, 1.54) is 12.1 Å². The lowest BCUT2D eigenvalue weighted by molar-refractivity contribution is -0.136. The van der Waals surface area contributed by atoms with Gasteiger partial charge in [0.2, 0.25) is 0 Å². The van der Waals surface area contributed by atoms with Crippen molar-refractivity contribution in [2.75, 3.05) is 18.5 Å². The average molecular weight is 268 g/mol. The van der Waals surface area contributed by atoms with E-state index in [0.717, 1.165) is 6.07 Å². The van der Waals surface area contributed by atoms with Gasteiger partial charge in [0.25, 0.3) is 0 Å². The number of halogens is 4. The second kappa shape index (κ2) is 5.60. The van der Waals surface area contributed by atoms with Gasteiger partial charge in [-0.1, -0.05) is 24.6 Å². The molecule has 17 heavy (non-hydrogen) atoms. The quantitative estimate of drug-likeness (QED) is 0.876. The standard InChI is InChI=1S/C11H13ClF3NO/c1-7(6-17)5-16-10-8(11(13,14)15)3-2-4-9(10)12/h2-4,7,16-17H,5-6H2,1H3. The van der Waals surface area contributed by atoms with Crippen LogP contribution in [0.4, 0.5) is 18.9 Å². The molecule has 1 rings (SSSR count). The molecule has 0 aliphatic heterocycles. The number of para-hydroxylation sites is 1. The average Bonchev–Trinajstić information content (AvgIpc) is 2.25. The lowest BCUT2D eigenvalue weighted by atomic mass is 10.1. The highest BCUT2D eigenvalue weighted by atomic mass is 35.5. The van der Waals surface area contributed by atoms with Gasteiger partial charge in [-0.3, -0.25) is 0 Å². The van der Waals surface area contributed by atoms with Gasteiger partial charge in [0.15, 0.2) is 0 Å². The molecule has 0 bridgehead atoms. The predicted molar refractivity (Wildman–Crippen MR) is 61.2 cm³/mol. The number of hydrogen-bond acceptors (Lipinski definition) is 2. The van der Waals surface area contributed by atoms with Gasteiger partial charge in [-0.05, 0) is 18.1 Å². The second-order valence-corrected chi connectivity index (χ2v) is 4.24. The fourth-order valence-electron chi connectivity index (χ4n) is 1.28. The summed E-state index contributed by atoms with van der Waals surface area (Å²) in [5.41, 5.74) is -0.933. The lowest BCUT2D eigenvalue weighted by Crippen LogP contribution is -2.18. The number of hydrogen-bond donors (Lipinski definition) is 2. The Labute approximate surface area is 102 Å². The Kier molecular flexibility index (Phi) is 4.65. The summed E-state index contributed by atoms with van der Waals surface area (Å²) in [6.07, 6.45) is -4.45. The monoisotopic (exact) mass is 267 g/mol. The predicted octanol–water partition coefficient (Wildman–Crippen LogP) is 3.40. The minimum atomic E-state index is -4.45. The molecular weight excluding hydrogens is 255 g/mol. The number of alkyl halides is 3. The molecule has 1 unspecified atom stereocenters. The van der Waals surface area contributed by atoms with Crippen LogP contribution in [0, 0.1) is 5.92 Å². The molecule has 1 aromatic carbocycles. The van der Waals surface area contributed by atoms with Gasteiger partial charge in [0, 0.05) is 13.2 Å². The Morgan fingerprint density at radius 1 is 1.41 bits per heavy atom. The third-order valence-corrected chi connectivity index (χ3v) is 2.57. The van der Waals surface area contributed by atoms with Gasteiger partial charge in [-0.15, -0.1) is 0 Å². The van der Waals surface area contributed by atoms with Crippen LogP contribution in [-0.2, 0) is 6.18 Å². The highest BCUT2D eigenvalue weighted by Gasteiger charge is 2.34. The summed E-state index contributed by atoms with van der Waals surface area (Å²) in [5.74, 6) is -0.146. The fraction of sp³-hybridized carbons (Fsp3) is 0.455.